The standard InChI is InChI=1S/C6H8N2O4/c1-7-4(9)2-5(10)8-3-6(11)12/h1H,2-3H2,(H,7,9)(H,8,10)(H,11,12). The van der Waals surface area contributed by atoms with E-state index in [0.29, 0.717) is 0 Å². The molecule has 0 fully saturated rings. The zero-order chi connectivity index (χ0) is 9.56. The third-order valence-corrected chi connectivity index (χ3v) is 0.919. The van der Waals surface area contributed by atoms with Gasteiger partial charge in [-0.1, -0.05) is 0 Å². The van der Waals surface area contributed by atoms with E-state index >= 15 is 0 Å². The van der Waals surface area contributed by atoms with Gasteiger partial charge in [-0.2, -0.15) is 0 Å². The molecule has 2 amide bonds. The van der Waals surface area contributed by atoms with Crippen molar-refractivity contribution in [1.29, 1.82) is 0 Å². The van der Waals surface area contributed by atoms with Crippen molar-refractivity contribution >= 4 is 17.8 Å². The van der Waals surface area contributed by atoms with Gasteiger partial charge in [0.2, 0.25) is 11.8 Å². The third kappa shape index (κ3) is 5.21. The lowest BCUT2D eigenvalue weighted by molar-refractivity contribution is -0.138. The van der Waals surface area contributed by atoms with Crippen LogP contribution in [-0.4, -0.2) is 29.4 Å². The van der Waals surface area contributed by atoms with E-state index in [1.165, 1.54) is 0 Å². The molecule has 6 nitrogen and oxygen atoms in total. The summed E-state index contributed by atoms with van der Waals surface area (Å²) >= 11 is 0. The molecular weight excluding hydrogens is 164 g/mol. The van der Waals surface area contributed by atoms with Crippen molar-refractivity contribution in [1.82, 2.24) is 10.6 Å². The molecule has 0 rings (SSSR count). The molecule has 0 aliphatic carbocycles. The van der Waals surface area contributed by atoms with Crippen molar-refractivity contribution in [3.63, 3.8) is 0 Å². The summed E-state index contributed by atoms with van der Waals surface area (Å²) in [6.45, 7) is -0.503. The van der Waals surface area contributed by atoms with Crippen molar-refractivity contribution in [2.75, 3.05) is 6.54 Å². The fraction of sp³-hybridized carbons (Fsp3) is 0.333. The van der Waals surface area contributed by atoms with Crippen LogP contribution in [0.25, 0.3) is 0 Å². The van der Waals surface area contributed by atoms with E-state index in [1.54, 1.807) is 5.32 Å². The second kappa shape index (κ2) is 5.11. The summed E-state index contributed by atoms with van der Waals surface area (Å²) in [6, 6.07) is 0. The average Bonchev–Trinajstić information content (AvgIpc) is 2.00. The molecule has 0 aromatic heterocycles. The zero-order valence-corrected chi connectivity index (χ0v) is 6.16. The number of carbonyl (C=O) groups is 3. The first-order chi connectivity index (χ1) is 5.56. The molecule has 66 valence electrons. The minimum atomic E-state index is -1.17. The lowest BCUT2D eigenvalue weighted by Gasteiger charge is -1.99. The lowest BCUT2D eigenvalue weighted by Crippen LogP contribution is -2.32. The minimum Gasteiger partial charge on any atom is -0.480 e. The van der Waals surface area contributed by atoms with Gasteiger partial charge in [0.1, 0.15) is 13.0 Å². The van der Waals surface area contributed by atoms with Crippen LogP contribution in [0.3, 0.4) is 0 Å². The summed E-state index contributed by atoms with van der Waals surface area (Å²) in [4.78, 5) is 31.0. The second-order valence-corrected chi connectivity index (χ2v) is 1.91. The minimum absolute atomic E-state index is 0.468. The molecular formula is C6H8N2O4. The molecule has 0 aromatic carbocycles. The van der Waals surface area contributed by atoms with E-state index in [1.807, 2.05) is 5.32 Å². The first-order valence-corrected chi connectivity index (χ1v) is 3.04. The molecule has 6 heteroatoms. The molecule has 0 bridgehead atoms. The van der Waals surface area contributed by atoms with Crippen LogP contribution in [0.1, 0.15) is 6.42 Å². The van der Waals surface area contributed by atoms with Gasteiger partial charge in [0, 0.05) is 0 Å². The number of nitrogens with one attached hydrogen (secondary N) is 2. The Morgan fingerprint density at radius 1 is 1.25 bits per heavy atom. The van der Waals surface area contributed by atoms with E-state index in [-0.39, 0.29) is 0 Å². The normalized spacial score (nSPS) is 8.75. The quantitative estimate of drug-likeness (QED) is 0.350. The third-order valence-electron chi connectivity index (χ3n) is 0.919. The number of carboxylic acids is 1. The van der Waals surface area contributed by atoms with Gasteiger partial charge in [-0.05, 0) is 0 Å². The number of rotatable bonds is 4. The Hall–Kier alpha value is -1.59. The highest BCUT2D eigenvalue weighted by Gasteiger charge is 2.07. The Balaban J connectivity index is 3.60. The van der Waals surface area contributed by atoms with Crippen molar-refractivity contribution in [3.05, 3.63) is 7.05 Å². The summed E-state index contributed by atoms with van der Waals surface area (Å²) in [5.74, 6) is -2.52. The number of hydrogen-bond acceptors (Lipinski definition) is 3. The topological polar surface area (TPSA) is 95.5 Å². The highest BCUT2D eigenvalue weighted by Crippen LogP contribution is 1.78. The lowest BCUT2D eigenvalue weighted by atomic mass is 10.4. The largest absolute Gasteiger partial charge is 0.480 e. The fourth-order valence-corrected chi connectivity index (χ4v) is 0.434. The first kappa shape index (κ1) is 10.4. The van der Waals surface area contributed by atoms with Crippen LogP contribution in [-0.2, 0) is 14.4 Å². The maximum atomic E-state index is 10.6. The predicted molar refractivity (Wildman–Crippen MR) is 37.7 cm³/mol. The van der Waals surface area contributed by atoms with Crippen LogP contribution in [0.2, 0.25) is 0 Å². The monoisotopic (exact) mass is 172 g/mol. The molecule has 0 atom stereocenters. The van der Waals surface area contributed by atoms with E-state index in [9.17, 15) is 14.4 Å². The molecule has 0 aromatic rings. The Morgan fingerprint density at radius 3 is 2.25 bits per heavy atom. The van der Waals surface area contributed by atoms with Crippen LogP contribution in [0, 0.1) is 7.05 Å². The van der Waals surface area contributed by atoms with Crippen molar-refractivity contribution in [2.24, 2.45) is 0 Å². The molecule has 0 saturated carbocycles. The number of amides is 2. The Kier molecular flexibility index (Phi) is 4.43. The maximum absolute atomic E-state index is 10.6. The summed E-state index contributed by atoms with van der Waals surface area (Å²) < 4.78 is 0. The zero-order valence-electron chi connectivity index (χ0n) is 6.16. The van der Waals surface area contributed by atoms with E-state index in [2.05, 4.69) is 7.05 Å². The Morgan fingerprint density at radius 2 is 1.83 bits per heavy atom. The number of aliphatic carboxylic acids is 1. The van der Waals surface area contributed by atoms with Crippen molar-refractivity contribution in [2.45, 2.75) is 6.42 Å². The van der Waals surface area contributed by atoms with Crippen LogP contribution in [0.5, 0.6) is 0 Å². The van der Waals surface area contributed by atoms with Crippen molar-refractivity contribution in [3.8, 4) is 0 Å². The van der Waals surface area contributed by atoms with Gasteiger partial charge < -0.3 is 15.7 Å². The molecule has 2 radical (unpaired) electrons. The number of carbonyl (C=O) groups excluding carboxylic acids is 2. The highest BCUT2D eigenvalue weighted by atomic mass is 16.4. The van der Waals surface area contributed by atoms with Gasteiger partial charge in [-0.15, -0.1) is 0 Å². The number of hydrogen-bond donors (Lipinski definition) is 3. The van der Waals surface area contributed by atoms with Gasteiger partial charge in [0.05, 0.1) is 7.05 Å². The Labute approximate surface area is 68.9 Å². The highest BCUT2D eigenvalue weighted by molar-refractivity contribution is 5.97. The maximum Gasteiger partial charge on any atom is 0.322 e. The molecule has 0 unspecified atom stereocenters. The van der Waals surface area contributed by atoms with Crippen molar-refractivity contribution < 1.29 is 19.5 Å². The fourth-order valence-electron chi connectivity index (χ4n) is 0.434. The SMILES string of the molecule is [CH]NC(=O)CC(=O)NCC(=O)O. The van der Waals surface area contributed by atoms with E-state index in [0.717, 1.165) is 0 Å². The second-order valence-electron chi connectivity index (χ2n) is 1.91. The summed E-state index contributed by atoms with van der Waals surface area (Å²) in [5.41, 5.74) is 0. The molecule has 0 aliphatic rings. The van der Waals surface area contributed by atoms with Gasteiger partial charge in [0.25, 0.3) is 0 Å². The smallest absolute Gasteiger partial charge is 0.322 e. The average molecular weight is 172 g/mol. The van der Waals surface area contributed by atoms with E-state index in [4.69, 9.17) is 5.11 Å². The summed E-state index contributed by atoms with van der Waals surface area (Å²) in [7, 11) is 4.68. The molecule has 0 heterocycles. The van der Waals surface area contributed by atoms with Gasteiger partial charge in [-0.25, -0.2) is 0 Å². The van der Waals surface area contributed by atoms with Gasteiger partial charge >= 0.3 is 5.97 Å². The summed E-state index contributed by atoms with van der Waals surface area (Å²) in [6.07, 6.45) is -0.468. The Bertz CT molecular complexity index is 202. The first-order valence-electron chi connectivity index (χ1n) is 3.04. The van der Waals surface area contributed by atoms with Gasteiger partial charge in [-0.3, -0.25) is 14.4 Å². The molecule has 0 spiro atoms. The molecule has 0 aliphatic heterocycles. The van der Waals surface area contributed by atoms with Crippen LogP contribution in [0.4, 0.5) is 0 Å². The van der Waals surface area contributed by atoms with E-state index < -0.39 is 30.7 Å². The number of carboxylic acid groups (broad SMARTS) is 1. The van der Waals surface area contributed by atoms with Crippen LogP contribution in [0.15, 0.2) is 0 Å². The molecule has 0 saturated heterocycles. The van der Waals surface area contributed by atoms with Crippen LogP contribution < -0.4 is 10.6 Å². The molecule has 3 N–H and O–H groups in total. The predicted octanol–water partition coefficient (Wildman–Crippen LogP) is -1.64. The summed E-state index contributed by atoms with van der Waals surface area (Å²) in [5, 5.41) is 11.8. The van der Waals surface area contributed by atoms with Gasteiger partial charge in [0.15, 0.2) is 0 Å². The van der Waals surface area contributed by atoms with Crippen LogP contribution >= 0.6 is 0 Å². The molecule has 12 heavy (non-hydrogen) atoms.